The van der Waals surface area contributed by atoms with Crippen LogP contribution in [0, 0.1) is 0 Å². The van der Waals surface area contributed by atoms with E-state index in [9.17, 15) is 9.59 Å². The van der Waals surface area contributed by atoms with Crippen molar-refractivity contribution in [3.8, 4) is 0 Å². The lowest BCUT2D eigenvalue weighted by molar-refractivity contribution is 0.0867. The van der Waals surface area contributed by atoms with Crippen LogP contribution in [-0.2, 0) is 0 Å². The first-order valence-electron chi connectivity index (χ1n) is 10.3. The molecule has 0 aromatic rings. The van der Waals surface area contributed by atoms with Crippen LogP contribution in [0.5, 0.6) is 0 Å². The highest BCUT2D eigenvalue weighted by Crippen LogP contribution is 2.44. The normalized spacial score (nSPS) is 36.3. The Kier molecular flexibility index (Phi) is 4.96. The van der Waals surface area contributed by atoms with Crippen molar-refractivity contribution in [3.63, 3.8) is 0 Å². The van der Waals surface area contributed by atoms with Gasteiger partial charge >= 0.3 is 12.1 Å². The second-order valence-corrected chi connectivity index (χ2v) is 8.23. The van der Waals surface area contributed by atoms with Crippen molar-refractivity contribution in [2.75, 3.05) is 13.1 Å². The third-order valence-corrected chi connectivity index (χ3v) is 6.62. The molecule has 4 atom stereocenters. The van der Waals surface area contributed by atoms with Crippen molar-refractivity contribution in [2.45, 2.75) is 88.4 Å². The number of fused-ring (bicyclic) bond motifs is 2. The molecule has 4 amide bonds. The van der Waals surface area contributed by atoms with Gasteiger partial charge in [0.1, 0.15) is 0 Å². The first kappa shape index (κ1) is 17.9. The number of hydrogen-bond donors (Lipinski definition) is 2. The van der Waals surface area contributed by atoms with Crippen LogP contribution in [0.25, 0.3) is 0 Å². The second-order valence-electron chi connectivity index (χ2n) is 8.23. The van der Waals surface area contributed by atoms with Crippen LogP contribution in [0.2, 0.25) is 0 Å². The van der Waals surface area contributed by atoms with E-state index < -0.39 is 0 Å². The van der Waals surface area contributed by atoms with Crippen LogP contribution in [0.15, 0.2) is 0 Å². The summed E-state index contributed by atoms with van der Waals surface area (Å²) in [6.07, 6.45) is 11.3. The van der Waals surface area contributed by atoms with Gasteiger partial charge in [0.2, 0.25) is 0 Å². The molecule has 4 N–H and O–H groups in total. The summed E-state index contributed by atoms with van der Waals surface area (Å²) in [6.45, 7) is 1.41. The number of primary amides is 2. The number of piperidine rings is 2. The van der Waals surface area contributed by atoms with Crippen LogP contribution < -0.4 is 11.5 Å². The predicted molar refractivity (Wildman–Crippen MR) is 97.6 cm³/mol. The van der Waals surface area contributed by atoms with E-state index in [0.29, 0.717) is 37.3 Å². The maximum absolute atomic E-state index is 11.7. The molecule has 4 rings (SSSR count). The molecule has 4 fully saturated rings. The Bertz CT molecular complexity index is 490. The molecular weight excluding hydrogens is 332 g/mol. The summed E-state index contributed by atoms with van der Waals surface area (Å²) in [5.41, 5.74) is 11.1. The number of nitrogens with two attached hydrogens (primary N) is 2. The average Bonchev–Trinajstić information content (AvgIpc) is 3.26. The zero-order valence-electron chi connectivity index (χ0n) is 15.6. The van der Waals surface area contributed by atoms with Gasteiger partial charge in [-0.1, -0.05) is 25.7 Å². The number of nitrogens with zero attached hydrogens (tertiary/aromatic N) is 4. The summed E-state index contributed by atoms with van der Waals surface area (Å²) >= 11 is 0. The Labute approximate surface area is 155 Å². The molecule has 2 saturated carbocycles. The Morgan fingerprint density at radius 3 is 1.35 bits per heavy atom. The predicted octanol–water partition coefficient (Wildman–Crippen LogP) is 1.61. The van der Waals surface area contributed by atoms with Gasteiger partial charge in [0.05, 0.1) is 0 Å². The van der Waals surface area contributed by atoms with E-state index in [2.05, 4.69) is 10.0 Å². The lowest BCUT2D eigenvalue weighted by Crippen LogP contribution is -2.43. The van der Waals surface area contributed by atoms with E-state index in [1.54, 1.807) is 10.0 Å². The molecule has 4 unspecified atom stereocenters. The minimum absolute atomic E-state index is 0.327. The Morgan fingerprint density at radius 1 is 0.692 bits per heavy atom. The van der Waals surface area contributed by atoms with Gasteiger partial charge in [-0.25, -0.2) is 19.6 Å². The number of carbonyl (C=O) groups excluding carboxylic acids is 2. The fourth-order valence-electron chi connectivity index (χ4n) is 5.28. The van der Waals surface area contributed by atoms with E-state index >= 15 is 0 Å². The van der Waals surface area contributed by atoms with Crippen molar-refractivity contribution >= 4 is 12.1 Å². The number of amides is 4. The fraction of sp³-hybridized carbons (Fsp3) is 0.889. The molecule has 2 aliphatic heterocycles. The highest BCUT2D eigenvalue weighted by molar-refractivity contribution is 5.72. The maximum atomic E-state index is 11.7. The summed E-state index contributed by atoms with van der Waals surface area (Å²) in [6, 6.07) is 1.56. The summed E-state index contributed by atoms with van der Waals surface area (Å²) in [7, 11) is 0. The first-order chi connectivity index (χ1) is 12.6. The molecule has 0 bridgehead atoms. The van der Waals surface area contributed by atoms with Crippen molar-refractivity contribution < 1.29 is 9.59 Å². The molecule has 0 radical (unpaired) electrons. The van der Waals surface area contributed by atoms with E-state index in [1.807, 2.05) is 0 Å². The van der Waals surface area contributed by atoms with Crippen molar-refractivity contribution in [3.05, 3.63) is 0 Å². The molecule has 8 nitrogen and oxygen atoms in total. The first-order valence-corrected chi connectivity index (χ1v) is 10.3. The Morgan fingerprint density at radius 2 is 1.04 bits per heavy atom. The van der Waals surface area contributed by atoms with Crippen molar-refractivity contribution in [2.24, 2.45) is 11.5 Å². The maximum Gasteiger partial charge on any atom is 0.329 e. The highest BCUT2D eigenvalue weighted by Gasteiger charge is 2.55. The van der Waals surface area contributed by atoms with Crippen molar-refractivity contribution in [1.29, 1.82) is 0 Å². The van der Waals surface area contributed by atoms with Crippen molar-refractivity contribution in [1.82, 2.24) is 20.0 Å². The standard InChI is InChI=1S/C18H32N6O2/c19-17(25)21(23-13-7-5-8-14(13)23)11-3-1-2-4-12-22(18(20)26)24-15-9-6-10-16(15)24/h13-16H,1-12H2,(H2,19,25)(H2,20,26). The Balaban J connectivity index is 1.13. The zero-order valence-corrected chi connectivity index (χ0v) is 15.6. The summed E-state index contributed by atoms with van der Waals surface area (Å²) in [5.74, 6) is 0. The highest BCUT2D eigenvalue weighted by atomic mass is 16.2. The number of hydrogen-bond acceptors (Lipinski definition) is 4. The molecule has 26 heavy (non-hydrogen) atoms. The second kappa shape index (κ2) is 7.23. The van der Waals surface area contributed by atoms with E-state index in [1.165, 1.54) is 38.5 Å². The third kappa shape index (κ3) is 3.36. The summed E-state index contributed by atoms with van der Waals surface area (Å²) < 4.78 is 0. The molecule has 0 spiro atoms. The molecule has 0 aromatic carbocycles. The van der Waals surface area contributed by atoms with Gasteiger partial charge in [0, 0.05) is 37.3 Å². The molecule has 4 aliphatic rings. The van der Waals surface area contributed by atoms with E-state index in [4.69, 9.17) is 11.5 Å². The van der Waals surface area contributed by atoms with E-state index in [-0.39, 0.29) is 12.1 Å². The fourth-order valence-corrected chi connectivity index (χ4v) is 5.28. The molecule has 8 heteroatoms. The molecular formula is C18H32N6O2. The molecule has 0 aromatic heterocycles. The summed E-state index contributed by atoms with van der Waals surface area (Å²) in [5, 5.41) is 7.86. The SMILES string of the molecule is NC(=O)N(CCCCCCN(C(N)=O)N1C2CCCC21)N1C2CCCC21. The zero-order chi connectivity index (χ0) is 18.3. The topological polar surface area (TPSA) is 98.7 Å². The largest absolute Gasteiger partial charge is 0.350 e. The van der Waals surface area contributed by atoms with Crippen LogP contribution in [-0.4, -0.2) is 69.4 Å². The third-order valence-electron chi connectivity index (χ3n) is 6.62. The average molecular weight is 364 g/mol. The lowest BCUT2D eigenvalue weighted by Gasteiger charge is -2.25. The van der Waals surface area contributed by atoms with Gasteiger partial charge in [-0.15, -0.1) is 0 Å². The van der Waals surface area contributed by atoms with Gasteiger partial charge in [-0.05, 0) is 38.5 Å². The lowest BCUT2D eigenvalue weighted by atomic mass is 10.2. The molecule has 2 saturated heterocycles. The van der Waals surface area contributed by atoms with Crippen LogP contribution in [0.4, 0.5) is 9.59 Å². The number of carbonyl (C=O) groups is 2. The van der Waals surface area contributed by atoms with Gasteiger partial charge in [-0.2, -0.15) is 0 Å². The van der Waals surface area contributed by atoms with Gasteiger partial charge < -0.3 is 11.5 Å². The molecule has 146 valence electrons. The number of rotatable bonds is 9. The van der Waals surface area contributed by atoms with Crippen LogP contribution in [0.3, 0.4) is 0 Å². The molecule has 2 aliphatic carbocycles. The monoisotopic (exact) mass is 364 g/mol. The minimum Gasteiger partial charge on any atom is -0.350 e. The molecule has 2 heterocycles. The number of unbranched alkanes of at least 4 members (excludes halogenated alkanes) is 3. The Hall–Kier alpha value is -1.54. The van der Waals surface area contributed by atoms with E-state index in [0.717, 1.165) is 25.7 Å². The minimum atomic E-state index is -0.327. The quantitative estimate of drug-likeness (QED) is 0.480. The van der Waals surface area contributed by atoms with Gasteiger partial charge in [0.25, 0.3) is 0 Å². The number of urea groups is 2. The smallest absolute Gasteiger partial charge is 0.329 e. The van der Waals surface area contributed by atoms with Gasteiger partial charge in [-0.3, -0.25) is 10.0 Å². The van der Waals surface area contributed by atoms with Crippen LogP contribution in [0.1, 0.15) is 64.2 Å². The summed E-state index contributed by atoms with van der Waals surface area (Å²) in [4.78, 5) is 23.4. The van der Waals surface area contributed by atoms with Crippen LogP contribution >= 0.6 is 0 Å². The number of hydrazine groups is 2. The van der Waals surface area contributed by atoms with Gasteiger partial charge in [0.15, 0.2) is 0 Å².